The van der Waals surface area contributed by atoms with Crippen molar-refractivity contribution >= 4 is 11.0 Å². The molecule has 2 aromatic rings. The number of nitrogens with zero attached hydrogens (tertiary/aromatic N) is 1. The summed E-state index contributed by atoms with van der Waals surface area (Å²) in [4.78, 5) is 3.96. The molecule has 2 rings (SSSR count). The predicted octanol–water partition coefficient (Wildman–Crippen LogP) is 1.21. The van der Waals surface area contributed by atoms with Crippen LogP contribution in [0.25, 0.3) is 11.0 Å². The van der Waals surface area contributed by atoms with Crippen LogP contribution in [-0.4, -0.2) is 16.1 Å². The number of fused-ring (bicyclic) bond motifs is 1. The van der Waals surface area contributed by atoms with Gasteiger partial charge in [0.15, 0.2) is 0 Å². The Labute approximate surface area is 81.4 Å². The summed E-state index contributed by atoms with van der Waals surface area (Å²) in [5, 5.41) is 10.5. The first kappa shape index (κ1) is 9.18. The molecule has 4 nitrogen and oxygen atoms in total. The van der Waals surface area contributed by atoms with Gasteiger partial charge in [0.05, 0.1) is 0 Å². The molecule has 0 aliphatic rings. The highest BCUT2D eigenvalue weighted by Crippen LogP contribution is 2.24. The first-order chi connectivity index (χ1) is 6.68. The molecule has 4 heteroatoms. The standard InChI is InChI=1S/C10H12N2O2/c1-6(11)10(13)9-4-7-5-12-3-2-8(7)14-9/h2-6,10,13H,11H2,1H3. The molecule has 2 aromatic heterocycles. The highest BCUT2D eigenvalue weighted by atomic mass is 16.4. The molecule has 2 atom stereocenters. The second-order valence-corrected chi connectivity index (χ2v) is 3.37. The molecule has 0 spiro atoms. The minimum absolute atomic E-state index is 0.344. The number of aromatic nitrogens is 1. The summed E-state index contributed by atoms with van der Waals surface area (Å²) in [7, 11) is 0. The van der Waals surface area contributed by atoms with Crippen LogP contribution in [0.4, 0.5) is 0 Å². The van der Waals surface area contributed by atoms with E-state index >= 15 is 0 Å². The van der Waals surface area contributed by atoms with Crippen molar-refractivity contribution in [2.24, 2.45) is 5.73 Å². The molecule has 2 unspecified atom stereocenters. The lowest BCUT2D eigenvalue weighted by Crippen LogP contribution is -2.23. The zero-order chi connectivity index (χ0) is 10.1. The Hall–Kier alpha value is -1.39. The molecular weight excluding hydrogens is 180 g/mol. The largest absolute Gasteiger partial charge is 0.458 e. The molecule has 14 heavy (non-hydrogen) atoms. The fourth-order valence-corrected chi connectivity index (χ4v) is 1.31. The van der Waals surface area contributed by atoms with Crippen molar-refractivity contribution in [1.82, 2.24) is 4.98 Å². The highest BCUT2D eigenvalue weighted by Gasteiger charge is 2.16. The van der Waals surface area contributed by atoms with E-state index < -0.39 is 6.10 Å². The number of pyridine rings is 1. The van der Waals surface area contributed by atoms with Crippen molar-refractivity contribution in [3.8, 4) is 0 Å². The topological polar surface area (TPSA) is 72.3 Å². The highest BCUT2D eigenvalue weighted by molar-refractivity contribution is 5.76. The molecule has 0 saturated carbocycles. The molecule has 0 radical (unpaired) electrons. The lowest BCUT2D eigenvalue weighted by molar-refractivity contribution is 0.129. The van der Waals surface area contributed by atoms with E-state index in [2.05, 4.69) is 4.98 Å². The third kappa shape index (κ3) is 1.49. The van der Waals surface area contributed by atoms with Crippen LogP contribution >= 0.6 is 0 Å². The van der Waals surface area contributed by atoms with E-state index in [1.807, 2.05) is 0 Å². The van der Waals surface area contributed by atoms with E-state index in [0.717, 1.165) is 11.0 Å². The van der Waals surface area contributed by atoms with Gasteiger partial charge >= 0.3 is 0 Å². The number of hydrogen-bond donors (Lipinski definition) is 2. The third-order valence-electron chi connectivity index (χ3n) is 2.13. The Morgan fingerprint density at radius 2 is 2.36 bits per heavy atom. The molecule has 0 bridgehead atoms. The molecule has 0 aromatic carbocycles. The van der Waals surface area contributed by atoms with Gasteiger partial charge in [0.2, 0.25) is 0 Å². The Morgan fingerprint density at radius 1 is 1.57 bits per heavy atom. The van der Waals surface area contributed by atoms with E-state index in [9.17, 15) is 5.11 Å². The van der Waals surface area contributed by atoms with Crippen LogP contribution in [-0.2, 0) is 0 Å². The number of aliphatic hydroxyl groups excluding tert-OH is 1. The van der Waals surface area contributed by atoms with Crippen LogP contribution in [0.5, 0.6) is 0 Å². The summed E-state index contributed by atoms with van der Waals surface area (Å²) >= 11 is 0. The number of aliphatic hydroxyl groups is 1. The zero-order valence-electron chi connectivity index (χ0n) is 7.84. The van der Waals surface area contributed by atoms with E-state index in [-0.39, 0.29) is 6.04 Å². The van der Waals surface area contributed by atoms with Crippen LogP contribution in [0, 0.1) is 0 Å². The van der Waals surface area contributed by atoms with Crippen molar-refractivity contribution in [3.63, 3.8) is 0 Å². The lowest BCUT2D eigenvalue weighted by Gasteiger charge is -2.10. The Balaban J connectivity index is 2.45. The number of hydrogen-bond acceptors (Lipinski definition) is 4. The zero-order valence-corrected chi connectivity index (χ0v) is 7.84. The van der Waals surface area contributed by atoms with Crippen molar-refractivity contribution in [2.45, 2.75) is 19.1 Å². The van der Waals surface area contributed by atoms with Crippen LogP contribution in [0.1, 0.15) is 18.8 Å². The van der Waals surface area contributed by atoms with E-state index in [1.54, 1.807) is 31.5 Å². The van der Waals surface area contributed by atoms with Crippen LogP contribution in [0.15, 0.2) is 28.9 Å². The van der Waals surface area contributed by atoms with Crippen molar-refractivity contribution in [1.29, 1.82) is 0 Å². The Kier molecular flexibility index (Phi) is 2.23. The quantitative estimate of drug-likeness (QED) is 0.750. The summed E-state index contributed by atoms with van der Waals surface area (Å²) in [6.07, 6.45) is 2.58. The molecule has 0 saturated heterocycles. The molecule has 0 fully saturated rings. The first-order valence-electron chi connectivity index (χ1n) is 4.45. The summed E-state index contributed by atoms with van der Waals surface area (Å²) < 4.78 is 5.42. The van der Waals surface area contributed by atoms with E-state index in [1.165, 1.54) is 0 Å². The van der Waals surface area contributed by atoms with Gasteiger partial charge in [-0.25, -0.2) is 0 Å². The minimum atomic E-state index is -0.762. The van der Waals surface area contributed by atoms with Gasteiger partial charge in [-0.15, -0.1) is 0 Å². The molecule has 2 heterocycles. The smallest absolute Gasteiger partial charge is 0.137 e. The van der Waals surface area contributed by atoms with Gasteiger partial charge in [0.25, 0.3) is 0 Å². The van der Waals surface area contributed by atoms with Gasteiger partial charge in [0, 0.05) is 23.8 Å². The Bertz CT molecular complexity index is 403. The second kappa shape index (κ2) is 3.40. The summed E-state index contributed by atoms with van der Waals surface area (Å²) in [6, 6.07) is 3.17. The maximum Gasteiger partial charge on any atom is 0.137 e. The first-order valence-corrected chi connectivity index (χ1v) is 4.45. The summed E-state index contributed by atoms with van der Waals surface area (Å²) in [6.45, 7) is 1.73. The van der Waals surface area contributed by atoms with E-state index in [4.69, 9.17) is 10.2 Å². The predicted molar refractivity (Wildman–Crippen MR) is 52.6 cm³/mol. The third-order valence-corrected chi connectivity index (χ3v) is 2.13. The van der Waals surface area contributed by atoms with Crippen molar-refractivity contribution in [3.05, 3.63) is 30.3 Å². The van der Waals surface area contributed by atoms with Crippen LogP contribution in [0.3, 0.4) is 0 Å². The second-order valence-electron chi connectivity index (χ2n) is 3.37. The normalized spacial score (nSPS) is 15.6. The summed E-state index contributed by atoms with van der Waals surface area (Å²) in [5.74, 6) is 0.489. The fraction of sp³-hybridized carbons (Fsp3) is 0.300. The Morgan fingerprint density at radius 3 is 3.00 bits per heavy atom. The van der Waals surface area contributed by atoms with E-state index in [0.29, 0.717) is 5.76 Å². The van der Waals surface area contributed by atoms with Gasteiger partial charge < -0.3 is 15.3 Å². The maximum absolute atomic E-state index is 9.66. The van der Waals surface area contributed by atoms with Crippen molar-refractivity contribution in [2.75, 3.05) is 0 Å². The average Bonchev–Trinajstić information content (AvgIpc) is 2.59. The van der Waals surface area contributed by atoms with Crippen LogP contribution in [0.2, 0.25) is 0 Å². The van der Waals surface area contributed by atoms with Gasteiger partial charge in [-0.3, -0.25) is 4.98 Å². The average molecular weight is 192 g/mol. The van der Waals surface area contributed by atoms with Gasteiger partial charge in [-0.1, -0.05) is 0 Å². The van der Waals surface area contributed by atoms with Gasteiger partial charge in [-0.05, 0) is 19.1 Å². The number of furan rings is 1. The molecule has 74 valence electrons. The molecule has 0 aliphatic carbocycles. The number of nitrogens with two attached hydrogens (primary N) is 1. The summed E-state index contributed by atoms with van der Waals surface area (Å²) in [5.41, 5.74) is 6.28. The van der Waals surface area contributed by atoms with Gasteiger partial charge in [-0.2, -0.15) is 0 Å². The lowest BCUT2D eigenvalue weighted by atomic mass is 10.1. The van der Waals surface area contributed by atoms with Gasteiger partial charge in [0.1, 0.15) is 17.4 Å². The minimum Gasteiger partial charge on any atom is -0.458 e. The fourth-order valence-electron chi connectivity index (χ4n) is 1.31. The van der Waals surface area contributed by atoms with Crippen LogP contribution < -0.4 is 5.73 Å². The molecule has 0 amide bonds. The van der Waals surface area contributed by atoms with Crippen molar-refractivity contribution < 1.29 is 9.52 Å². The molecule has 0 aliphatic heterocycles. The molecular formula is C10H12N2O2. The maximum atomic E-state index is 9.66. The number of rotatable bonds is 2. The SMILES string of the molecule is CC(N)C(O)c1cc2cnccc2o1. The molecule has 3 N–H and O–H groups in total. The monoisotopic (exact) mass is 192 g/mol.